The fourth-order valence-electron chi connectivity index (χ4n) is 7.25. The van der Waals surface area contributed by atoms with Gasteiger partial charge in [-0.15, -0.1) is 0 Å². The van der Waals surface area contributed by atoms with E-state index in [0.717, 1.165) is 34.7 Å². The van der Waals surface area contributed by atoms with E-state index in [1.807, 2.05) is 44.3 Å². The van der Waals surface area contributed by atoms with Crippen LogP contribution < -0.4 is 26.5 Å². The molecule has 51 heavy (non-hydrogen) atoms. The lowest BCUT2D eigenvalue weighted by Crippen LogP contribution is -3.05. The molecule has 4 aromatic rings. The molecule has 262 valence electrons. The number of esters is 1. The minimum atomic E-state index is -1.15. The number of hydrogen-bond acceptors (Lipinski definition) is 12. The number of phenolic OH excluding ortho intramolecular Hbond substituents is 1. The number of epoxide rings is 1. The third-order valence-electron chi connectivity index (χ3n) is 10.1. The topological polar surface area (TPSA) is 193 Å². The predicted molar refractivity (Wildman–Crippen MR) is 189 cm³/mol. The van der Waals surface area contributed by atoms with Gasteiger partial charge in [0.2, 0.25) is 0 Å². The number of pyridine rings is 2. The highest BCUT2D eigenvalue weighted by molar-refractivity contribution is 6.06. The van der Waals surface area contributed by atoms with Crippen LogP contribution in [0, 0.1) is 6.92 Å². The number of carbonyl (C=O) groups is 1. The number of aryl methyl sites for hydroxylation is 2. The van der Waals surface area contributed by atoms with Gasteiger partial charge in [-0.1, -0.05) is 0 Å². The molecule has 0 radical (unpaired) electrons. The van der Waals surface area contributed by atoms with Gasteiger partial charge in [0.25, 0.3) is 0 Å². The predicted octanol–water partition coefficient (Wildman–Crippen LogP) is 3.09. The summed E-state index contributed by atoms with van der Waals surface area (Å²) in [6, 6.07) is 10.5. The highest BCUT2D eigenvalue weighted by Crippen LogP contribution is 2.45. The number of nitrogens with zero attached hydrogens (tertiary/aromatic N) is 3. The van der Waals surface area contributed by atoms with Gasteiger partial charge in [0.05, 0.1) is 23.1 Å². The standard InChI is InChI=1S/C38H38N6O7/c1-19-9-27(45)34-29(48-19)15-28-24(35(34)46)14-31(37(2,3)50-28)49-36(47)38(4)30(51-38)6-5-20-10-25(43-32(39)11-20)22-12-23(42-33(40)13-22)17-44-16-21-7-8-41-26(21)18-44/h7-13,15-16,30-31,46H,5-6,14,17-18H2,1-4H3,(H2,39,43)(H2,40,42)/p+1. The quantitative estimate of drug-likeness (QED) is 0.157. The van der Waals surface area contributed by atoms with E-state index >= 15 is 0 Å². The molecular formula is C38H39N6O7+. The second-order valence-corrected chi connectivity index (χ2v) is 14.4. The number of aromatic nitrogens is 2. The SMILES string of the molecule is Cc1cc(=O)c2c(O)c3c(cc2o1)OC(C)(C)C(OC(=O)C1(C)OC1CCc1cc(N)nc(-c2cc(N)nc(C[NH+]4C=C5C=CN=C5C4)c2)c1)C3. The second kappa shape index (κ2) is 11.8. The van der Waals surface area contributed by atoms with Gasteiger partial charge in [-0.05, 0) is 76.4 Å². The van der Waals surface area contributed by atoms with Crippen LogP contribution in [-0.2, 0) is 33.7 Å². The van der Waals surface area contributed by atoms with Crippen molar-refractivity contribution in [2.45, 2.75) is 76.9 Å². The summed E-state index contributed by atoms with van der Waals surface area (Å²) in [5.41, 5.74) is 16.2. The van der Waals surface area contributed by atoms with Gasteiger partial charge < -0.3 is 35.2 Å². The van der Waals surface area contributed by atoms with Crippen LogP contribution in [0.25, 0.3) is 22.2 Å². The highest BCUT2D eigenvalue weighted by Gasteiger charge is 2.60. The lowest BCUT2D eigenvalue weighted by molar-refractivity contribution is -0.848. The van der Waals surface area contributed by atoms with E-state index in [9.17, 15) is 14.7 Å². The average molecular weight is 692 g/mol. The van der Waals surface area contributed by atoms with E-state index in [0.29, 0.717) is 53.8 Å². The van der Waals surface area contributed by atoms with Crippen LogP contribution in [0.2, 0.25) is 0 Å². The maximum atomic E-state index is 13.5. The van der Waals surface area contributed by atoms with Gasteiger partial charge in [-0.25, -0.2) is 14.8 Å². The Bertz CT molecular complexity index is 2290. The van der Waals surface area contributed by atoms with Crippen molar-refractivity contribution in [3.63, 3.8) is 0 Å². The van der Waals surface area contributed by atoms with E-state index in [-0.39, 0.29) is 34.7 Å². The molecule has 13 nitrogen and oxygen atoms in total. The number of allylic oxidation sites excluding steroid dienone is 1. The molecule has 1 saturated heterocycles. The van der Waals surface area contributed by atoms with Gasteiger partial charge in [-0.3, -0.25) is 14.7 Å². The number of phenols is 1. The Morgan fingerprint density at radius 2 is 1.90 bits per heavy atom. The zero-order chi connectivity index (χ0) is 35.8. The number of benzene rings is 1. The molecule has 13 heteroatoms. The summed E-state index contributed by atoms with van der Waals surface area (Å²) < 4.78 is 23.8. The van der Waals surface area contributed by atoms with Gasteiger partial charge in [0.1, 0.15) is 76.6 Å². The first-order chi connectivity index (χ1) is 24.3. The largest absolute Gasteiger partial charge is 0.507 e. The lowest BCUT2D eigenvalue weighted by atomic mass is 9.89. The van der Waals surface area contributed by atoms with Gasteiger partial charge >= 0.3 is 5.97 Å². The number of aromatic hydroxyl groups is 1. The normalized spacial score (nSPS) is 24.0. The summed E-state index contributed by atoms with van der Waals surface area (Å²) in [5.74, 6) is 0.809. The van der Waals surface area contributed by atoms with Crippen molar-refractivity contribution in [1.82, 2.24) is 9.97 Å². The monoisotopic (exact) mass is 691 g/mol. The number of nitrogen functional groups attached to an aromatic ring is 2. The van der Waals surface area contributed by atoms with Crippen molar-refractivity contribution in [1.29, 1.82) is 0 Å². The Labute approximate surface area is 293 Å². The van der Waals surface area contributed by atoms with Crippen molar-refractivity contribution in [2.24, 2.45) is 4.99 Å². The van der Waals surface area contributed by atoms with E-state index < -0.39 is 23.3 Å². The number of hydrogen-bond donors (Lipinski definition) is 4. The maximum Gasteiger partial charge on any atom is 0.341 e. The summed E-state index contributed by atoms with van der Waals surface area (Å²) in [6.45, 7) is 8.45. The summed E-state index contributed by atoms with van der Waals surface area (Å²) in [7, 11) is 0. The Morgan fingerprint density at radius 3 is 2.71 bits per heavy atom. The molecule has 0 aliphatic carbocycles. The second-order valence-electron chi connectivity index (χ2n) is 14.4. The van der Waals surface area contributed by atoms with E-state index in [1.54, 1.807) is 26.0 Å². The number of aliphatic imine (C=N–C) groups is 1. The van der Waals surface area contributed by atoms with Crippen molar-refractivity contribution in [3.05, 3.63) is 93.3 Å². The van der Waals surface area contributed by atoms with Crippen LogP contribution in [0.1, 0.15) is 49.8 Å². The summed E-state index contributed by atoms with van der Waals surface area (Å²) in [6.07, 6.45) is 6.13. The molecular weight excluding hydrogens is 652 g/mol. The first-order valence-electron chi connectivity index (χ1n) is 17.0. The van der Waals surface area contributed by atoms with E-state index in [1.165, 1.54) is 11.0 Å². The van der Waals surface area contributed by atoms with E-state index in [2.05, 4.69) is 21.2 Å². The summed E-state index contributed by atoms with van der Waals surface area (Å²) in [4.78, 5) is 41.0. The van der Waals surface area contributed by atoms with Gasteiger partial charge in [0, 0.05) is 35.9 Å². The van der Waals surface area contributed by atoms with Crippen molar-refractivity contribution >= 4 is 34.3 Å². The number of fused-ring (bicyclic) bond motifs is 3. The van der Waals surface area contributed by atoms with Crippen molar-refractivity contribution < 1.29 is 33.4 Å². The molecule has 0 spiro atoms. The van der Waals surface area contributed by atoms with Crippen LogP contribution in [-0.4, -0.2) is 56.7 Å². The Hall–Kier alpha value is -5.53. The highest BCUT2D eigenvalue weighted by atomic mass is 16.7. The Kier molecular flexibility index (Phi) is 7.54. The lowest BCUT2D eigenvalue weighted by Gasteiger charge is -2.39. The molecule has 1 aromatic carbocycles. The minimum Gasteiger partial charge on any atom is -0.507 e. The smallest absolute Gasteiger partial charge is 0.341 e. The van der Waals surface area contributed by atoms with Crippen LogP contribution >= 0.6 is 0 Å². The van der Waals surface area contributed by atoms with Crippen molar-refractivity contribution in [2.75, 3.05) is 18.0 Å². The molecule has 3 aromatic heterocycles. The molecule has 0 saturated carbocycles. The fourth-order valence-corrected chi connectivity index (χ4v) is 7.25. The first-order valence-corrected chi connectivity index (χ1v) is 17.0. The number of carbonyl (C=O) groups excluding carboxylic acids is 1. The average Bonchev–Trinajstić information content (AvgIpc) is 3.30. The van der Waals surface area contributed by atoms with Crippen LogP contribution in [0.5, 0.6) is 11.5 Å². The van der Waals surface area contributed by atoms with E-state index in [4.69, 9.17) is 30.1 Å². The molecule has 0 bridgehead atoms. The number of nitrogens with one attached hydrogen (secondary N) is 1. The third-order valence-corrected chi connectivity index (χ3v) is 10.1. The number of ether oxygens (including phenoxy) is 3. The number of nitrogens with two attached hydrogens (primary N) is 2. The summed E-state index contributed by atoms with van der Waals surface area (Å²) >= 11 is 0. The zero-order valence-electron chi connectivity index (χ0n) is 28.8. The molecule has 4 atom stereocenters. The number of anilines is 2. The minimum absolute atomic E-state index is 0.0644. The van der Waals surface area contributed by atoms with Crippen LogP contribution in [0.4, 0.5) is 11.6 Å². The first kappa shape index (κ1) is 32.7. The molecule has 0 amide bonds. The summed E-state index contributed by atoms with van der Waals surface area (Å²) in [5, 5.41) is 11.1. The van der Waals surface area contributed by atoms with Gasteiger partial charge in [0.15, 0.2) is 11.0 Å². The third kappa shape index (κ3) is 6.02. The molecule has 7 heterocycles. The molecule has 4 aliphatic heterocycles. The fraction of sp³-hybridized carbons (Fsp3) is 0.342. The number of quaternary nitrogens is 1. The van der Waals surface area contributed by atoms with Gasteiger partial charge in [-0.2, -0.15) is 0 Å². The van der Waals surface area contributed by atoms with Crippen molar-refractivity contribution in [3.8, 4) is 22.8 Å². The molecule has 4 unspecified atom stereocenters. The Morgan fingerprint density at radius 1 is 1.10 bits per heavy atom. The molecule has 4 aliphatic rings. The number of rotatable bonds is 8. The zero-order valence-corrected chi connectivity index (χ0v) is 28.8. The Balaban J connectivity index is 0.934. The maximum absolute atomic E-state index is 13.5. The molecule has 1 fully saturated rings. The van der Waals surface area contributed by atoms with Crippen LogP contribution in [0.15, 0.2) is 74.7 Å². The van der Waals surface area contributed by atoms with Crippen LogP contribution in [0.3, 0.4) is 0 Å². The molecule has 6 N–H and O–H groups in total. The molecule has 8 rings (SSSR count).